The van der Waals surface area contributed by atoms with Gasteiger partial charge in [0.15, 0.2) is 23.0 Å². The first-order chi connectivity index (χ1) is 10.6. The average Bonchev–Trinajstić information content (AvgIpc) is 2.85. The van der Waals surface area contributed by atoms with E-state index < -0.39 is 5.97 Å². The van der Waals surface area contributed by atoms with Crippen molar-refractivity contribution in [2.75, 3.05) is 14.2 Å². The molecule has 1 heterocycles. The molecule has 0 saturated carbocycles. The first kappa shape index (κ1) is 14.0. The van der Waals surface area contributed by atoms with Gasteiger partial charge in [0, 0.05) is 5.56 Å². The summed E-state index contributed by atoms with van der Waals surface area (Å²) in [4.78, 5) is 12.1. The van der Waals surface area contributed by atoms with Crippen LogP contribution in [0.1, 0.15) is 11.1 Å². The van der Waals surface area contributed by atoms with Gasteiger partial charge in [-0.05, 0) is 29.8 Å². The standard InChI is InChI=1S/C17H14O5/c1-20-14-5-3-4-11-12(17(19)22-16(11)14)8-10-6-7-13(18)15(9-10)21-2/h3-9,18H,1-2H3. The maximum Gasteiger partial charge on any atom is 0.344 e. The molecule has 112 valence electrons. The maximum atomic E-state index is 12.1. The van der Waals surface area contributed by atoms with Crippen molar-refractivity contribution in [3.63, 3.8) is 0 Å². The summed E-state index contributed by atoms with van der Waals surface area (Å²) in [6.45, 7) is 0. The summed E-state index contributed by atoms with van der Waals surface area (Å²) in [6.07, 6.45) is 1.69. The van der Waals surface area contributed by atoms with Crippen molar-refractivity contribution >= 4 is 17.6 Å². The summed E-state index contributed by atoms with van der Waals surface area (Å²) in [7, 11) is 2.99. The number of esters is 1. The molecule has 0 amide bonds. The van der Waals surface area contributed by atoms with Crippen LogP contribution < -0.4 is 14.2 Å². The number of para-hydroxylation sites is 1. The van der Waals surface area contributed by atoms with E-state index in [1.807, 2.05) is 0 Å². The summed E-state index contributed by atoms with van der Waals surface area (Å²) >= 11 is 0. The Labute approximate surface area is 127 Å². The first-order valence-corrected chi connectivity index (χ1v) is 6.62. The number of rotatable bonds is 3. The molecule has 0 atom stereocenters. The van der Waals surface area contributed by atoms with Gasteiger partial charge in [-0.1, -0.05) is 18.2 Å². The lowest BCUT2D eigenvalue weighted by Crippen LogP contribution is -2.00. The molecule has 2 aromatic rings. The normalized spacial score (nSPS) is 14.6. The molecule has 3 rings (SSSR count). The maximum absolute atomic E-state index is 12.1. The summed E-state index contributed by atoms with van der Waals surface area (Å²) in [5.41, 5.74) is 1.83. The fraction of sp³-hybridized carbons (Fsp3) is 0.118. The zero-order valence-electron chi connectivity index (χ0n) is 12.1. The number of benzene rings is 2. The minimum absolute atomic E-state index is 0.0423. The molecule has 0 saturated heterocycles. The lowest BCUT2D eigenvalue weighted by Gasteiger charge is -2.05. The molecule has 5 heteroatoms. The van der Waals surface area contributed by atoms with Gasteiger partial charge in [-0.25, -0.2) is 4.79 Å². The van der Waals surface area contributed by atoms with E-state index in [0.717, 1.165) is 5.56 Å². The van der Waals surface area contributed by atoms with E-state index >= 15 is 0 Å². The van der Waals surface area contributed by atoms with Crippen LogP contribution >= 0.6 is 0 Å². The van der Waals surface area contributed by atoms with Crippen LogP contribution in [0.3, 0.4) is 0 Å². The lowest BCUT2D eigenvalue weighted by atomic mass is 10.0. The van der Waals surface area contributed by atoms with E-state index in [1.165, 1.54) is 20.3 Å². The van der Waals surface area contributed by atoms with Crippen molar-refractivity contribution < 1.29 is 24.1 Å². The number of carbonyl (C=O) groups excluding carboxylic acids is 1. The summed E-state index contributed by atoms with van der Waals surface area (Å²) < 4.78 is 15.5. The fourth-order valence-electron chi connectivity index (χ4n) is 2.34. The Balaban J connectivity index is 2.08. The Kier molecular flexibility index (Phi) is 3.47. The molecule has 0 aromatic heterocycles. The molecular formula is C17H14O5. The first-order valence-electron chi connectivity index (χ1n) is 6.62. The van der Waals surface area contributed by atoms with Crippen LogP contribution in [0.25, 0.3) is 11.6 Å². The Morgan fingerprint density at radius 3 is 2.59 bits per heavy atom. The van der Waals surface area contributed by atoms with Crippen LogP contribution in [0.15, 0.2) is 36.4 Å². The molecule has 2 aromatic carbocycles. The van der Waals surface area contributed by atoms with Gasteiger partial charge in [-0.15, -0.1) is 0 Å². The molecule has 0 unspecified atom stereocenters. The van der Waals surface area contributed by atoms with Crippen LogP contribution in [-0.4, -0.2) is 25.3 Å². The number of carbonyl (C=O) groups is 1. The monoisotopic (exact) mass is 298 g/mol. The van der Waals surface area contributed by atoms with Crippen LogP contribution in [0.4, 0.5) is 0 Å². The number of fused-ring (bicyclic) bond motifs is 1. The predicted molar refractivity (Wildman–Crippen MR) is 81.2 cm³/mol. The number of methoxy groups -OCH3 is 2. The van der Waals surface area contributed by atoms with Crippen LogP contribution in [0.5, 0.6) is 23.0 Å². The van der Waals surface area contributed by atoms with Crippen molar-refractivity contribution in [1.82, 2.24) is 0 Å². The van der Waals surface area contributed by atoms with E-state index in [4.69, 9.17) is 14.2 Å². The van der Waals surface area contributed by atoms with Gasteiger partial charge in [-0.2, -0.15) is 0 Å². The van der Waals surface area contributed by atoms with Gasteiger partial charge in [0.1, 0.15) is 0 Å². The summed E-state index contributed by atoms with van der Waals surface area (Å²) in [6, 6.07) is 10.2. The lowest BCUT2D eigenvalue weighted by molar-refractivity contribution is -0.127. The number of aromatic hydroxyl groups is 1. The average molecular weight is 298 g/mol. The SMILES string of the molecule is COc1cc(C=C2C(=O)Oc3c(OC)cccc32)ccc1O. The van der Waals surface area contributed by atoms with Gasteiger partial charge in [0.2, 0.25) is 0 Å². The highest BCUT2D eigenvalue weighted by molar-refractivity contribution is 6.26. The van der Waals surface area contributed by atoms with E-state index in [0.29, 0.717) is 28.4 Å². The molecule has 0 bridgehead atoms. The number of hydrogen-bond donors (Lipinski definition) is 1. The van der Waals surface area contributed by atoms with Crippen molar-refractivity contribution in [3.8, 4) is 23.0 Å². The minimum Gasteiger partial charge on any atom is -0.504 e. The van der Waals surface area contributed by atoms with Crippen molar-refractivity contribution in [3.05, 3.63) is 47.5 Å². The zero-order valence-corrected chi connectivity index (χ0v) is 12.1. The number of ether oxygens (including phenoxy) is 3. The smallest absolute Gasteiger partial charge is 0.344 e. The quantitative estimate of drug-likeness (QED) is 0.536. The molecule has 1 aliphatic rings. The molecule has 1 aliphatic heterocycles. The highest BCUT2D eigenvalue weighted by Crippen LogP contribution is 2.42. The van der Waals surface area contributed by atoms with Crippen LogP contribution in [-0.2, 0) is 4.79 Å². The van der Waals surface area contributed by atoms with Crippen molar-refractivity contribution in [2.45, 2.75) is 0 Å². The number of phenols is 1. The second kappa shape index (κ2) is 5.44. The molecule has 1 N–H and O–H groups in total. The van der Waals surface area contributed by atoms with E-state index in [9.17, 15) is 9.90 Å². The highest BCUT2D eigenvalue weighted by Gasteiger charge is 2.29. The largest absolute Gasteiger partial charge is 0.504 e. The Hall–Kier alpha value is -2.95. The second-order valence-corrected chi connectivity index (χ2v) is 4.72. The molecule has 0 radical (unpaired) electrons. The highest BCUT2D eigenvalue weighted by atomic mass is 16.6. The third-order valence-corrected chi connectivity index (χ3v) is 3.42. The Morgan fingerprint density at radius 1 is 1.09 bits per heavy atom. The van der Waals surface area contributed by atoms with Crippen molar-refractivity contribution in [2.24, 2.45) is 0 Å². The van der Waals surface area contributed by atoms with Gasteiger partial charge >= 0.3 is 5.97 Å². The van der Waals surface area contributed by atoms with Gasteiger partial charge in [0.25, 0.3) is 0 Å². The summed E-state index contributed by atoms with van der Waals surface area (Å²) in [5, 5.41) is 9.62. The predicted octanol–water partition coefficient (Wildman–Crippen LogP) is 2.87. The fourth-order valence-corrected chi connectivity index (χ4v) is 2.34. The van der Waals surface area contributed by atoms with Crippen molar-refractivity contribution in [1.29, 1.82) is 0 Å². The molecule has 0 aliphatic carbocycles. The molecule has 22 heavy (non-hydrogen) atoms. The van der Waals surface area contributed by atoms with Crippen LogP contribution in [0, 0.1) is 0 Å². The van der Waals surface area contributed by atoms with Gasteiger partial charge in [0.05, 0.1) is 19.8 Å². The van der Waals surface area contributed by atoms with E-state index in [1.54, 1.807) is 36.4 Å². The third kappa shape index (κ3) is 2.26. The Bertz CT molecular complexity index is 777. The van der Waals surface area contributed by atoms with E-state index in [-0.39, 0.29) is 5.75 Å². The summed E-state index contributed by atoms with van der Waals surface area (Å²) in [5.74, 6) is 0.878. The van der Waals surface area contributed by atoms with Gasteiger partial charge < -0.3 is 19.3 Å². The topological polar surface area (TPSA) is 65.0 Å². The molecule has 0 fully saturated rings. The molecule has 0 spiro atoms. The molecule has 5 nitrogen and oxygen atoms in total. The zero-order chi connectivity index (χ0) is 15.7. The number of hydrogen-bond acceptors (Lipinski definition) is 5. The second-order valence-electron chi connectivity index (χ2n) is 4.72. The minimum atomic E-state index is -0.438. The third-order valence-electron chi connectivity index (χ3n) is 3.42. The van der Waals surface area contributed by atoms with Gasteiger partial charge in [-0.3, -0.25) is 0 Å². The van der Waals surface area contributed by atoms with Crippen LogP contribution in [0.2, 0.25) is 0 Å². The number of phenolic OH excluding ortho intramolecular Hbond substituents is 1. The molecular weight excluding hydrogens is 284 g/mol. The van der Waals surface area contributed by atoms with E-state index in [2.05, 4.69) is 0 Å². The Morgan fingerprint density at radius 2 is 1.86 bits per heavy atom.